The molecule has 0 amide bonds. The van der Waals surface area contributed by atoms with E-state index in [1.807, 2.05) is 36.4 Å². The van der Waals surface area contributed by atoms with Gasteiger partial charge in [0.1, 0.15) is 12.7 Å². The third-order valence-corrected chi connectivity index (χ3v) is 5.79. The van der Waals surface area contributed by atoms with Crippen molar-refractivity contribution in [1.29, 1.82) is 0 Å². The van der Waals surface area contributed by atoms with Crippen molar-refractivity contribution < 1.29 is 14.4 Å². The topological polar surface area (TPSA) is 64.8 Å². The van der Waals surface area contributed by atoms with Gasteiger partial charge in [0.15, 0.2) is 5.75 Å². The molecule has 0 N–H and O–H groups in total. The first-order valence-corrected chi connectivity index (χ1v) is 11.0. The minimum absolute atomic E-state index is 0.00692. The normalized spacial score (nSPS) is 15.0. The van der Waals surface area contributed by atoms with Crippen LogP contribution in [-0.2, 0) is 4.74 Å². The molecule has 1 saturated heterocycles. The maximum absolute atomic E-state index is 11.1. The smallest absolute Gasteiger partial charge is 0.310 e. The Labute approximate surface area is 188 Å². The number of hydrogen-bond donors (Lipinski definition) is 0. The van der Waals surface area contributed by atoms with Crippen LogP contribution in [0, 0.1) is 10.1 Å². The van der Waals surface area contributed by atoms with Gasteiger partial charge in [-0.15, -0.1) is 0 Å². The Kier molecular flexibility index (Phi) is 7.48. The standard InChI is InChI=1S/C26H28N2O4/c29-28(30)24-13-7-8-14-25(24)31-20-19-27-17-15-23(16-18-27)32-26(21-9-3-1-4-10-21)22-11-5-2-6-12-22/h1-14,23,26H,15-20H2. The lowest BCUT2D eigenvalue weighted by Gasteiger charge is -2.34. The van der Waals surface area contributed by atoms with Crippen molar-refractivity contribution in [1.82, 2.24) is 4.90 Å². The fourth-order valence-corrected chi connectivity index (χ4v) is 4.08. The molecular weight excluding hydrogens is 404 g/mol. The lowest BCUT2D eigenvalue weighted by Crippen LogP contribution is -2.39. The second-order valence-electron chi connectivity index (χ2n) is 7.95. The molecule has 0 spiro atoms. The summed E-state index contributed by atoms with van der Waals surface area (Å²) < 4.78 is 12.3. The SMILES string of the molecule is O=[N+]([O-])c1ccccc1OCCN1CCC(OC(c2ccccc2)c2ccccc2)CC1. The molecule has 32 heavy (non-hydrogen) atoms. The van der Waals surface area contributed by atoms with Gasteiger partial charge in [-0.05, 0) is 30.0 Å². The molecule has 0 saturated carbocycles. The number of hydrogen-bond acceptors (Lipinski definition) is 5. The molecule has 166 valence electrons. The molecule has 4 rings (SSSR count). The number of ether oxygens (including phenoxy) is 2. The third-order valence-electron chi connectivity index (χ3n) is 5.79. The average molecular weight is 433 g/mol. The van der Waals surface area contributed by atoms with Gasteiger partial charge >= 0.3 is 5.69 Å². The Morgan fingerprint density at radius 2 is 1.44 bits per heavy atom. The molecule has 1 heterocycles. The van der Waals surface area contributed by atoms with Crippen LogP contribution < -0.4 is 4.74 Å². The van der Waals surface area contributed by atoms with Gasteiger partial charge in [-0.2, -0.15) is 0 Å². The zero-order valence-electron chi connectivity index (χ0n) is 18.0. The number of piperidine rings is 1. The maximum Gasteiger partial charge on any atom is 0.310 e. The van der Waals surface area contributed by atoms with Crippen molar-refractivity contribution in [2.24, 2.45) is 0 Å². The molecule has 0 unspecified atom stereocenters. The van der Waals surface area contributed by atoms with E-state index < -0.39 is 4.92 Å². The van der Waals surface area contributed by atoms with Gasteiger partial charge in [0, 0.05) is 25.7 Å². The van der Waals surface area contributed by atoms with Gasteiger partial charge in [-0.1, -0.05) is 72.8 Å². The van der Waals surface area contributed by atoms with Crippen LogP contribution in [0.1, 0.15) is 30.1 Å². The first-order chi connectivity index (χ1) is 15.7. The van der Waals surface area contributed by atoms with E-state index in [4.69, 9.17) is 9.47 Å². The molecule has 0 atom stereocenters. The molecular formula is C26H28N2O4. The largest absolute Gasteiger partial charge is 0.485 e. The predicted molar refractivity (Wildman–Crippen MR) is 124 cm³/mol. The summed E-state index contributed by atoms with van der Waals surface area (Å²) in [5.74, 6) is 0.323. The van der Waals surface area contributed by atoms with Crippen LogP contribution in [0.5, 0.6) is 5.75 Å². The van der Waals surface area contributed by atoms with E-state index in [-0.39, 0.29) is 17.9 Å². The van der Waals surface area contributed by atoms with E-state index in [2.05, 4.69) is 29.2 Å². The third kappa shape index (κ3) is 5.72. The zero-order chi connectivity index (χ0) is 22.2. The maximum atomic E-state index is 11.1. The number of nitrogens with zero attached hydrogens (tertiary/aromatic N) is 2. The minimum Gasteiger partial charge on any atom is -0.485 e. The quantitative estimate of drug-likeness (QED) is 0.342. The van der Waals surface area contributed by atoms with Gasteiger partial charge in [-0.25, -0.2) is 0 Å². The monoisotopic (exact) mass is 432 g/mol. The Hall–Kier alpha value is -3.22. The van der Waals surface area contributed by atoms with Crippen LogP contribution in [0.3, 0.4) is 0 Å². The summed E-state index contributed by atoms with van der Waals surface area (Å²) in [4.78, 5) is 13.0. The lowest BCUT2D eigenvalue weighted by atomic mass is 10.00. The van der Waals surface area contributed by atoms with Crippen LogP contribution in [0.2, 0.25) is 0 Å². The number of rotatable bonds is 9. The molecule has 1 aliphatic heterocycles. The molecule has 0 radical (unpaired) electrons. The molecule has 0 bridgehead atoms. The Balaban J connectivity index is 1.29. The summed E-state index contributed by atoms with van der Waals surface area (Å²) in [6.07, 6.45) is 2.01. The molecule has 3 aromatic rings. The van der Waals surface area contributed by atoms with E-state index >= 15 is 0 Å². The highest BCUT2D eigenvalue weighted by Crippen LogP contribution is 2.30. The minimum atomic E-state index is -0.409. The van der Waals surface area contributed by atoms with Crippen molar-refractivity contribution >= 4 is 5.69 Å². The van der Waals surface area contributed by atoms with Crippen LogP contribution >= 0.6 is 0 Å². The summed E-state index contributed by atoms with van der Waals surface area (Å²) in [7, 11) is 0. The summed E-state index contributed by atoms with van der Waals surface area (Å²) in [5, 5.41) is 11.1. The van der Waals surface area contributed by atoms with Gasteiger partial charge in [0.25, 0.3) is 0 Å². The zero-order valence-corrected chi connectivity index (χ0v) is 18.0. The second-order valence-corrected chi connectivity index (χ2v) is 7.95. The van der Waals surface area contributed by atoms with E-state index in [9.17, 15) is 10.1 Å². The van der Waals surface area contributed by atoms with Crippen molar-refractivity contribution in [2.75, 3.05) is 26.2 Å². The second kappa shape index (κ2) is 10.9. The highest BCUT2D eigenvalue weighted by Gasteiger charge is 2.25. The van der Waals surface area contributed by atoms with Crippen molar-refractivity contribution in [2.45, 2.75) is 25.0 Å². The highest BCUT2D eigenvalue weighted by atomic mass is 16.6. The van der Waals surface area contributed by atoms with Crippen LogP contribution in [0.25, 0.3) is 0 Å². The van der Waals surface area contributed by atoms with Gasteiger partial charge < -0.3 is 9.47 Å². The van der Waals surface area contributed by atoms with E-state index in [1.165, 1.54) is 17.2 Å². The van der Waals surface area contributed by atoms with Gasteiger partial charge in [0.2, 0.25) is 0 Å². The number of nitro groups is 1. The highest BCUT2D eigenvalue weighted by molar-refractivity contribution is 5.45. The number of nitro benzene ring substituents is 1. The lowest BCUT2D eigenvalue weighted by molar-refractivity contribution is -0.385. The van der Waals surface area contributed by atoms with E-state index in [0.29, 0.717) is 12.4 Å². The van der Waals surface area contributed by atoms with Crippen LogP contribution in [0.15, 0.2) is 84.9 Å². The Morgan fingerprint density at radius 1 is 0.875 bits per heavy atom. The van der Waals surface area contributed by atoms with Gasteiger partial charge in [0.05, 0.1) is 11.0 Å². The molecule has 0 aromatic heterocycles. The van der Waals surface area contributed by atoms with Crippen molar-refractivity contribution in [3.8, 4) is 5.75 Å². The molecule has 1 aliphatic rings. The number of likely N-dealkylation sites (tertiary alicyclic amines) is 1. The summed E-state index contributed by atoms with van der Waals surface area (Å²) in [5.41, 5.74) is 2.34. The molecule has 0 aliphatic carbocycles. The summed E-state index contributed by atoms with van der Waals surface area (Å²) >= 11 is 0. The fourth-order valence-electron chi connectivity index (χ4n) is 4.08. The van der Waals surface area contributed by atoms with Crippen LogP contribution in [0.4, 0.5) is 5.69 Å². The first-order valence-electron chi connectivity index (χ1n) is 11.0. The summed E-state index contributed by atoms with van der Waals surface area (Å²) in [6.45, 7) is 3.00. The molecule has 3 aromatic carbocycles. The van der Waals surface area contributed by atoms with Gasteiger partial charge in [-0.3, -0.25) is 15.0 Å². The molecule has 6 nitrogen and oxygen atoms in total. The average Bonchev–Trinajstić information content (AvgIpc) is 2.85. The van der Waals surface area contributed by atoms with E-state index in [0.717, 1.165) is 32.5 Å². The van der Waals surface area contributed by atoms with Crippen LogP contribution in [-0.4, -0.2) is 42.2 Å². The number of benzene rings is 3. The van der Waals surface area contributed by atoms with Crippen molar-refractivity contribution in [3.05, 3.63) is 106 Å². The Morgan fingerprint density at radius 3 is 2.03 bits per heavy atom. The Bertz CT molecular complexity index is 949. The predicted octanol–water partition coefficient (Wildman–Crippen LogP) is 5.24. The van der Waals surface area contributed by atoms with E-state index in [1.54, 1.807) is 18.2 Å². The first kappa shape index (κ1) is 22.0. The summed E-state index contributed by atoms with van der Waals surface area (Å²) in [6, 6.07) is 27.2. The van der Waals surface area contributed by atoms with Crippen molar-refractivity contribution in [3.63, 3.8) is 0 Å². The molecule has 6 heteroatoms. The number of para-hydroxylation sites is 2. The molecule has 1 fully saturated rings. The fraction of sp³-hybridized carbons (Fsp3) is 0.308.